The van der Waals surface area contributed by atoms with Crippen LogP contribution in [-0.2, 0) is 4.79 Å². The maximum atomic E-state index is 11.7. The highest BCUT2D eigenvalue weighted by Crippen LogP contribution is 2.32. The number of carbonyl (C=O) groups is 1. The molecule has 0 aromatic heterocycles. The van der Waals surface area contributed by atoms with Gasteiger partial charge < -0.3 is 10.6 Å². The van der Waals surface area contributed by atoms with Crippen molar-refractivity contribution in [3.05, 3.63) is 23.3 Å². The van der Waals surface area contributed by atoms with Crippen molar-refractivity contribution in [2.45, 2.75) is 25.6 Å². The summed E-state index contributed by atoms with van der Waals surface area (Å²) in [5.74, 6) is 0.0525. The summed E-state index contributed by atoms with van der Waals surface area (Å²) in [7, 11) is 0. The average Bonchev–Trinajstić information content (AvgIpc) is 2.51. The summed E-state index contributed by atoms with van der Waals surface area (Å²) in [6.07, 6.45) is 0.397. The van der Waals surface area contributed by atoms with E-state index < -0.39 is 0 Å². The van der Waals surface area contributed by atoms with Crippen LogP contribution >= 0.6 is 11.6 Å². The van der Waals surface area contributed by atoms with Gasteiger partial charge in [0.05, 0.1) is 16.8 Å². The number of rotatable bonds is 1. The van der Waals surface area contributed by atoms with E-state index in [0.717, 1.165) is 16.8 Å². The van der Waals surface area contributed by atoms with E-state index in [2.05, 4.69) is 0 Å². The van der Waals surface area contributed by atoms with Crippen molar-refractivity contribution in [1.82, 2.24) is 0 Å². The number of anilines is 2. The first-order valence-electron chi connectivity index (χ1n) is 5.30. The Morgan fingerprint density at radius 1 is 1.44 bits per heavy atom. The molecule has 0 saturated carbocycles. The minimum absolute atomic E-state index is 0.0525. The molecule has 1 aliphatic heterocycles. The van der Waals surface area contributed by atoms with Crippen molar-refractivity contribution in [2.24, 2.45) is 0 Å². The zero-order valence-electron chi connectivity index (χ0n) is 9.46. The lowest BCUT2D eigenvalue weighted by atomic mass is 10.1. The summed E-state index contributed by atoms with van der Waals surface area (Å²) >= 11 is 5.98. The van der Waals surface area contributed by atoms with E-state index in [4.69, 9.17) is 17.3 Å². The molecule has 1 heterocycles. The number of hydrogen-bond donors (Lipinski definition) is 1. The number of benzene rings is 1. The Kier molecular flexibility index (Phi) is 2.80. The number of hydrogen-bond acceptors (Lipinski definition) is 2. The smallest absolute Gasteiger partial charge is 0.228 e. The van der Waals surface area contributed by atoms with Gasteiger partial charge in [-0.3, -0.25) is 4.79 Å². The van der Waals surface area contributed by atoms with Gasteiger partial charge in [-0.25, -0.2) is 0 Å². The van der Waals surface area contributed by atoms with Crippen LogP contribution in [0.25, 0.3) is 0 Å². The Bertz CT molecular complexity index is 445. The topological polar surface area (TPSA) is 46.3 Å². The Labute approximate surface area is 100 Å². The maximum absolute atomic E-state index is 11.7. The Morgan fingerprint density at radius 2 is 2.12 bits per heavy atom. The number of halogens is 1. The molecule has 16 heavy (non-hydrogen) atoms. The van der Waals surface area contributed by atoms with E-state index in [9.17, 15) is 4.79 Å². The van der Waals surface area contributed by atoms with Crippen LogP contribution < -0.4 is 10.6 Å². The van der Waals surface area contributed by atoms with Crippen LogP contribution in [-0.4, -0.2) is 17.8 Å². The highest BCUT2D eigenvalue weighted by Gasteiger charge is 2.30. The first-order chi connectivity index (χ1) is 7.49. The van der Waals surface area contributed by atoms with Crippen LogP contribution in [0.2, 0.25) is 0 Å². The van der Waals surface area contributed by atoms with Gasteiger partial charge in [0.1, 0.15) is 0 Å². The second-order valence-corrected chi connectivity index (χ2v) is 4.94. The molecule has 0 bridgehead atoms. The lowest BCUT2D eigenvalue weighted by Crippen LogP contribution is -2.25. The first kappa shape index (κ1) is 11.3. The van der Waals surface area contributed by atoms with Crippen molar-refractivity contribution in [3.8, 4) is 0 Å². The largest absolute Gasteiger partial charge is 0.397 e. The van der Waals surface area contributed by atoms with E-state index in [-0.39, 0.29) is 11.3 Å². The Morgan fingerprint density at radius 3 is 2.69 bits per heavy atom. The molecule has 1 amide bonds. The van der Waals surface area contributed by atoms with Crippen molar-refractivity contribution in [2.75, 3.05) is 17.2 Å². The molecule has 1 fully saturated rings. The number of aryl methyl sites for hydroxylation is 2. The summed E-state index contributed by atoms with van der Waals surface area (Å²) < 4.78 is 0. The van der Waals surface area contributed by atoms with Crippen LogP contribution in [0.5, 0.6) is 0 Å². The quantitative estimate of drug-likeness (QED) is 0.603. The second kappa shape index (κ2) is 3.98. The third-order valence-corrected chi connectivity index (χ3v) is 3.17. The highest BCUT2D eigenvalue weighted by molar-refractivity contribution is 6.24. The van der Waals surface area contributed by atoms with Crippen molar-refractivity contribution < 1.29 is 4.79 Å². The van der Waals surface area contributed by atoms with Crippen LogP contribution in [0.3, 0.4) is 0 Å². The minimum atomic E-state index is -0.104. The van der Waals surface area contributed by atoms with Gasteiger partial charge in [0.15, 0.2) is 0 Å². The standard InChI is InChI=1S/C12H15ClN2O/c1-7-3-8(2)12(14)10(4-7)15-6-9(13)5-11(15)16/h3-4,9H,5-6,14H2,1-2H3. The molecule has 2 rings (SSSR count). The van der Waals surface area contributed by atoms with Crippen LogP contribution in [0, 0.1) is 13.8 Å². The minimum Gasteiger partial charge on any atom is -0.397 e. The van der Waals surface area contributed by atoms with E-state index in [1.165, 1.54) is 0 Å². The fourth-order valence-electron chi connectivity index (χ4n) is 2.08. The normalized spacial score (nSPS) is 20.6. The van der Waals surface area contributed by atoms with Gasteiger partial charge in [0.2, 0.25) is 5.91 Å². The number of alkyl halides is 1. The maximum Gasteiger partial charge on any atom is 0.228 e. The summed E-state index contributed by atoms with van der Waals surface area (Å²) in [4.78, 5) is 13.4. The van der Waals surface area contributed by atoms with Gasteiger partial charge in [0, 0.05) is 13.0 Å². The zero-order chi connectivity index (χ0) is 11.9. The molecule has 1 aromatic carbocycles. The molecule has 0 spiro atoms. The molecule has 1 aromatic rings. The Balaban J connectivity index is 2.44. The van der Waals surface area contributed by atoms with Crippen LogP contribution in [0.1, 0.15) is 17.5 Å². The second-order valence-electron chi connectivity index (χ2n) is 4.32. The number of amides is 1. The molecule has 0 aliphatic carbocycles. The number of nitrogens with two attached hydrogens (primary N) is 1. The lowest BCUT2D eigenvalue weighted by molar-refractivity contribution is -0.117. The highest BCUT2D eigenvalue weighted by atomic mass is 35.5. The van der Waals surface area contributed by atoms with E-state index in [1.54, 1.807) is 4.90 Å². The monoisotopic (exact) mass is 238 g/mol. The van der Waals surface area contributed by atoms with Crippen molar-refractivity contribution in [3.63, 3.8) is 0 Å². The van der Waals surface area contributed by atoms with E-state index in [0.29, 0.717) is 18.7 Å². The van der Waals surface area contributed by atoms with Gasteiger partial charge in [-0.2, -0.15) is 0 Å². The van der Waals surface area contributed by atoms with E-state index in [1.807, 2.05) is 26.0 Å². The van der Waals surface area contributed by atoms with Crippen LogP contribution in [0.4, 0.5) is 11.4 Å². The fraction of sp³-hybridized carbons (Fsp3) is 0.417. The molecule has 3 nitrogen and oxygen atoms in total. The molecule has 4 heteroatoms. The third-order valence-electron chi connectivity index (χ3n) is 2.88. The molecule has 0 radical (unpaired) electrons. The molecule has 2 N–H and O–H groups in total. The van der Waals surface area contributed by atoms with Gasteiger partial charge in [-0.1, -0.05) is 6.07 Å². The van der Waals surface area contributed by atoms with Gasteiger partial charge in [0.25, 0.3) is 0 Å². The summed E-state index contributed by atoms with van der Waals surface area (Å²) in [6, 6.07) is 3.95. The SMILES string of the molecule is Cc1cc(C)c(N)c(N2CC(Cl)CC2=O)c1. The summed E-state index contributed by atoms with van der Waals surface area (Å²) in [5.41, 5.74) is 9.57. The molecular weight excluding hydrogens is 224 g/mol. The number of nitrogens with zero attached hydrogens (tertiary/aromatic N) is 1. The predicted molar refractivity (Wildman–Crippen MR) is 66.9 cm³/mol. The number of carbonyl (C=O) groups excluding carboxylic acids is 1. The Hall–Kier alpha value is -1.22. The van der Waals surface area contributed by atoms with Crippen LogP contribution in [0.15, 0.2) is 12.1 Å². The molecular formula is C12H15ClN2O. The lowest BCUT2D eigenvalue weighted by Gasteiger charge is -2.20. The van der Waals surface area contributed by atoms with Gasteiger partial charge >= 0.3 is 0 Å². The summed E-state index contributed by atoms with van der Waals surface area (Å²) in [5, 5.41) is -0.104. The fourth-order valence-corrected chi connectivity index (χ4v) is 2.35. The molecule has 1 saturated heterocycles. The molecule has 86 valence electrons. The zero-order valence-corrected chi connectivity index (χ0v) is 10.2. The van der Waals surface area contributed by atoms with Gasteiger partial charge in [-0.05, 0) is 31.0 Å². The third kappa shape index (κ3) is 1.87. The first-order valence-corrected chi connectivity index (χ1v) is 5.74. The number of nitrogen functional groups attached to an aromatic ring is 1. The van der Waals surface area contributed by atoms with Crippen molar-refractivity contribution in [1.29, 1.82) is 0 Å². The summed E-state index contributed by atoms with van der Waals surface area (Å²) in [6.45, 7) is 4.49. The molecule has 1 atom stereocenters. The van der Waals surface area contributed by atoms with E-state index >= 15 is 0 Å². The average molecular weight is 239 g/mol. The molecule has 1 unspecified atom stereocenters. The predicted octanol–water partition coefficient (Wildman–Crippen LogP) is 2.23. The molecule has 1 aliphatic rings. The van der Waals surface area contributed by atoms with Gasteiger partial charge in [-0.15, -0.1) is 11.6 Å². The van der Waals surface area contributed by atoms with Crippen molar-refractivity contribution >= 4 is 28.9 Å².